The maximum atomic E-state index is 12.4. The summed E-state index contributed by atoms with van der Waals surface area (Å²) in [7, 11) is 0. The monoisotopic (exact) mass is 205 g/mol. The van der Waals surface area contributed by atoms with Crippen molar-refractivity contribution in [1.82, 2.24) is 0 Å². The van der Waals surface area contributed by atoms with Crippen molar-refractivity contribution >= 4 is 5.71 Å². The number of hydrogen-bond acceptors (Lipinski definition) is 1. The Morgan fingerprint density at radius 1 is 1.50 bits per heavy atom. The minimum atomic E-state index is -4.30. The molecule has 1 atom stereocenters. The molecule has 0 aromatic carbocycles. The number of rotatable bonds is 2. The molecule has 1 unspecified atom stereocenters. The Hall–Kier alpha value is -0.800. The maximum absolute atomic E-state index is 12.4. The predicted octanol–water partition coefficient (Wildman–Crippen LogP) is 3.51. The first kappa shape index (κ1) is 11.3. The maximum Gasteiger partial charge on any atom is 0.432 e. The van der Waals surface area contributed by atoms with E-state index in [1.807, 2.05) is 6.92 Å². The Balaban J connectivity index is 2.82. The van der Waals surface area contributed by atoms with Gasteiger partial charge in [0, 0.05) is 0 Å². The van der Waals surface area contributed by atoms with Crippen LogP contribution in [0.15, 0.2) is 16.6 Å². The molecule has 1 aliphatic heterocycles. The molecule has 0 aromatic rings. The number of alkyl halides is 3. The van der Waals surface area contributed by atoms with Crippen LogP contribution in [0.4, 0.5) is 13.2 Å². The van der Waals surface area contributed by atoms with Crippen molar-refractivity contribution in [2.75, 3.05) is 0 Å². The topological polar surface area (TPSA) is 12.4 Å². The molecule has 0 radical (unpaired) electrons. The van der Waals surface area contributed by atoms with Crippen molar-refractivity contribution in [3.05, 3.63) is 11.6 Å². The minimum absolute atomic E-state index is 0.179. The molecule has 0 spiro atoms. The SMILES string of the molecule is CCCC1CC(C)=CC(C(F)(F)F)=N1. The Kier molecular flexibility index (Phi) is 3.34. The van der Waals surface area contributed by atoms with Crippen LogP contribution in [0.25, 0.3) is 0 Å². The molecule has 0 saturated heterocycles. The van der Waals surface area contributed by atoms with Gasteiger partial charge in [-0.1, -0.05) is 18.9 Å². The van der Waals surface area contributed by atoms with Gasteiger partial charge >= 0.3 is 6.18 Å². The smallest absolute Gasteiger partial charge is 0.277 e. The fourth-order valence-electron chi connectivity index (χ4n) is 1.60. The molecule has 1 heterocycles. The van der Waals surface area contributed by atoms with E-state index in [9.17, 15) is 13.2 Å². The molecule has 1 rings (SSSR count). The summed E-state index contributed by atoms with van der Waals surface area (Å²) < 4.78 is 37.1. The molecule has 0 saturated carbocycles. The summed E-state index contributed by atoms with van der Waals surface area (Å²) >= 11 is 0. The van der Waals surface area contributed by atoms with Gasteiger partial charge in [0.2, 0.25) is 0 Å². The van der Waals surface area contributed by atoms with Gasteiger partial charge < -0.3 is 0 Å². The molecule has 0 fully saturated rings. The number of nitrogens with zero attached hydrogens (tertiary/aromatic N) is 1. The van der Waals surface area contributed by atoms with E-state index < -0.39 is 11.9 Å². The van der Waals surface area contributed by atoms with Crippen LogP contribution in [0.3, 0.4) is 0 Å². The lowest BCUT2D eigenvalue weighted by atomic mass is 9.99. The molecule has 0 bridgehead atoms. The van der Waals surface area contributed by atoms with Crippen molar-refractivity contribution in [3.63, 3.8) is 0 Å². The van der Waals surface area contributed by atoms with Gasteiger partial charge in [0.25, 0.3) is 0 Å². The first-order valence-electron chi connectivity index (χ1n) is 4.75. The fraction of sp³-hybridized carbons (Fsp3) is 0.700. The number of allylic oxidation sites excluding steroid dienone is 1. The average Bonchev–Trinajstić information content (AvgIpc) is 2.02. The Morgan fingerprint density at radius 2 is 2.14 bits per heavy atom. The van der Waals surface area contributed by atoms with Crippen molar-refractivity contribution in [2.45, 2.75) is 45.3 Å². The van der Waals surface area contributed by atoms with Gasteiger partial charge in [-0.15, -0.1) is 0 Å². The third-order valence-corrected chi connectivity index (χ3v) is 2.17. The lowest BCUT2D eigenvalue weighted by molar-refractivity contribution is -0.0583. The van der Waals surface area contributed by atoms with Crippen LogP contribution in [0, 0.1) is 0 Å². The number of dihydropyridines is 1. The number of aliphatic imine (C=N–C) groups is 1. The van der Waals surface area contributed by atoms with Gasteiger partial charge in [0.15, 0.2) is 0 Å². The molecule has 0 N–H and O–H groups in total. The first-order chi connectivity index (χ1) is 6.43. The molecule has 0 amide bonds. The molecule has 1 nitrogen and oxygen atoms in total. The Morgan fingerprint density at radius 3 is 2.64 bits per heavy atom. The second kappa shape index (κ2) is 4.15. The van der Waals surface area contributed by atoms with Crippen LogP contribution in [-0.4, -0.2) is 17.9 Å². The van der Waals surface area contributed by atoms with E-state index in [1.54, 1.807) is 6.92 Å². The highest BCUT2D eigenvalue weighted by molar-refractivity contribution is 6.00. The normalized spacial score (nSPS) is 23.1. The predicted molar refractivity (Wildman–Crippen MR) is 50.6 cm³/mol. The zero-order valence-corrected chi connectivity index (χ0v) is 8.36. The van der Waals surface area contributed by atoms with Gasteiger partial charge in [-0.2, -0.15) is 13.2 Å². The van der Waals surface area contributed by atoms with E-state index in [4.69, 9.17) is 0 Å². The Labute approximate surface area is 81.7 Å². The second-order valence-electron chi connectivity index (χ2n) is 3.65. The zero-order chi connectivity index (χ0) is 10.8. The van der Waals surface area contributed by atoms with Crippen LogP contribution in [0.5, 0.6) is 0 Å². The van der Waals surface area contributed by atoms with E-state index in [0.29, 0.717) is 6.42 Å². The van der Waals surface area contributed by atoms with Gasteiger partial charge in [0.05, 0.1) is 6.04 Å². The van der Waals surface area contributed by atoms with Crippen LogP contribution in [-0.2, 0) is 0 Å². The van der Waals surface area contributed by atoms with Crippen LogP contribution in [0.1, 0.15) is 33.1 Å². The van der Waals surface area contributed by atoms with Gasteiger partial charge in [-0.05, 0) is 25.8 Å². The van der Waals surface area contributed by atoms with Crippen molar-refractivity contribution < 1.29 is 13.2 Å². The Bertz CT molecular complexity index is 263. The molecule has 0 aliphatic carbocycles. The van der Waals surface area contributed by atoms with Crippen molar-refractivity contribution in [2.24, 2.45) is 4.99 Å². The summed E-state index contributed by atoms with van der Waals surface area (Å²) in [6.07, 6.45) is -0.898. The van der Waals surface area contributed by atoms with Crippen LogP contribution in [0.2, 0.25) is 0 Å². The second-order valence-corrected chi connectivity index (χ2v) is 3.65. The molecule has 4 heteroatoms. The van der Waals surface area contributed by atoms with Gasteiger partial charge in [0.1, 0.15) is 5.71 Å². The van der Waals surface area contributed by atoms with Crippen LogP contribution < -0.4 is 0 Å². The summed E-state index contributed by atoms with van der Waals surface area (Å²) in [5, 5.41) is 0. The van der Waals surface area contributed by atoms with Gasteiger partial charge in [-0.3, -0.25) is 4.99 Å². The lowest BCUT2D eigenvalue weighted by Crippen LogP contribution is -2.26. The van der Waals surface area contributed by atoms with Crippen molar-refractivity contribution in [3.8, 4) is 0 Å². The molecule has 14 heavy (non-hydrogen) atoms. The fourth-order valence-corrected chi connectivity index (χ4v) is 1.60. The quantitative estimate of drug-likeness (QED) is 0.654. The summed E-state index contributed by atoms with van der Waals surface area (Å²) in [6.45, 7) is 3.68. The highest BCUT2D eigenvalue weighted by Gasteiger charge is 2.36. The summed E-state index contributed by atoms with van der Waals surface area (Å²) in [5.74, 6) is 0. The standard InChI is InChI=1S/C10H14F3N/c1-3-4-8-5-7(2)6-9(14-8)10(11,12)13/h6,8H,3-5H2,1-2H3. The molecule has 0 aromatic heterocycles. The lowest BCUT2D eigenvalue weighted by Gasteiger charge is -2.20. The van der Waals surface area contributed by atoms with E-state index >= 15 is 0 Å². The third-order valence-electron chi connectivity index (χ3n) is 2.17. The van der Waals surface area contributed by atoms with Gasteiger partial charge in [-0.25, -0.2) is 0 Å². The molecule has 1 aliphatic rings. The van der Waals surface area contributed by atoms with E-state index in [0.717, 1.165) is 24.5 Å². The molecular weight excluding hydrogens is 191 g/mol. The third kappa shape index (κ3) is 2.86. The average molecular weight is 205 g/mol. The molecule has 80 valence electrons. The summed E-state index contributed by atoms with van der Waals surface area (Å²) in [4.78, 5) is 3.71. The van der Waals surface area contributed by atoms with E-state index in [2.05, 4.69) is 4.99 Å². The zero-order valence-electron chi connectivity index (χ0n) is 8.36. The van der Waals surface area contributed by atoms with E-state index in [-0.39, 0.29) is 6.04 Å². The first-order valence-corrected chi connectivity index (χ1v) is 4.75. The summed E-state index contributed by atoms with van der Waals surface area (Å²) in [5.41, 5.74) is 0.0467. The highest BCUT2D eigenvalue weighted by atomic mass is 19.4. The highest BCUT2D eigenvalue weighted by Crippen LogP contribution is 2.26. The number of halogens is 3. The van der Waals surface area contributed by atoms with Crippen LogP contribution >= 0.6 is 0 Å². The summed E-state index contributed by atoms with van der Waals surface area (Å²) in [6, 6.07) is -0.179. The van der Waals surface area contributed by atoms with Crippen molar-refractivity contribution in [1.29, 1.82) is 0 Å². The van der Waals surface area contributed by atoms with E-state index in [1.165, 1.54) is 0 Å². The minimum Gasteiger partial charge on any atom is -0.277 e. The number of hydrogen-bond donors (Lipinski definition) is 0. The largest absolute Gasteiger partial charge is 0.432 e. The molecular formula is C10H14F3N.